The lowest BCUT2D eigenvalue weighted by atomic mass is 10.1. The van der Waals surface area contributed by atoms with E-state index in [-0.39, 0.29) is 19.2 Å². The maximum Gasteiger partial charge on any atom is 0.317 e. The van der Waals surface area contributed by atoms with Gasteiger partial charge < -0.3 is 9.84 Å². The van der Waals surface area contributed by atoms with Crippen LogP contribution in [-0.4, -0.2) is 35.6 Å². The van der Waals surface area contributed by atoms with Crippen LogP contribution in [0.1, 0.15) is 18.1 Å². The second-order valence-electron chi connectivity index (χ2n) is 6.07. The molecule has 0 saturated carbocycles. The molecule has 0 bridgehead atoms. The molecule has 2 rings (SSSR count). The maximum absolute atomic E-state index is 13.1. The van der Waals surface area contributed by atoms with Gasteiger partial charge in [-0.3, -0.25) is 9.69 Å². The van der Waals surface area contributed by atoms with Crippen molar-refractivity contribution in [3.8, 4) is 5.75 Å². The Bertz CT molecular complexity index is 699. The summed E-state index contributed by atoms with van der Waals surface area (Å²) in [5.41, 5.74) is 1.47. The lowest BCUT2D eigenvalue weighted by molar-refractivity contribution is -0.138. The van der Waals surface area contributed by atoms with Gasteiger partial charge in [0.1, 0.15) is 24.0 Å². The lowest BCUT2D eigenvalue weighted by Gasteiger charge is -2.22. The SMILES string of the molecule is C[C@H](Cc1ccc(OCc2cc(F)cc(F)c2)cc1)N(C)CC(=O)O. The molecule has 0 aromatic heterocycles. The molecular weight excluding hydrogens is 328 g/mol. The smallest absolute Gasteiger partial charge is 0.317 e. The Morgan fingerprint density at radius 1 is 1.12 bits per heavy atom. The minimum Gasteiger partial charge on any atom is -0.489 e. The summed E-state index contributed by atoms with van der Waals surface area (Å²) in [5, 5.41) is 8.82. The highest BCUT2D eigenvalue weighted by atomic mass is 19.1. The van der Waals surface area contributed by atoms with E-state index in [0.717, 1.165) is 11.6 Å². The predicted octanol–water partition coefficient (Wildman–Crippen LogP) is 3.49. The van der Waals surface area contributed by atoms with Gasteiger partial charge in [-0.1, -0.05) is 12.1 Å². The fraction of sp³-hybridized carbons (Fsp3) is 0.316. The van der Waals surface area contributed by atoms with Gasteiger partial charge in [-0.2, -0.15) is 0 Å². The summed E-state index contributed by atoms with van der Waals surface area (Å²) in [6, 6.07) is 10.7. The number of hydrogen-bond donors (Lipinski definition) is 1. The highest BCUT2D eigenvalue weighted by molar-refractivity contribution is 5.69. The number of carbonyl (C=O) groups is 1. The molecule has 4 nitrogen and oxygen atoms in total. The van der Waals surface area contributed by atoms with Crippen molar-refractivity contribution >= 4 is 5.97 Å². The minimum atomic E-state index is -0.855. The molecule has 6 heteroatoms. The van der Waals surface area contributed by atoms with Crippen LogP contribution in [0.2, 0.25) is 0 Å². The predicted molar refractivity (Wildman–Crippen MR) is 90.6 cm³/mol. The Morgan fingerprint density at radius 2 is 1.72 bits per heavy atom. The van der Waals surface area contributed by atoms with Gasteiger partial charge in [-0.15, -0.1) is 0 Å². The van der Waals surface area contributed by atoms with E-state index in [0.29, 0.717) is 17.7 Å². The van der Waals surface area contributed by atoms with Gasteiger partial charge in [-0.05, 0) is 55.8 Å². The first kappa shape index (κ1) is 18.9. The molecule has 0 aliphatic carbocycles. The molecule has 0 saturated heterocycles. The van der Waals surface area contributed by atoms with Gasteiger partial charge in [0.2, 0.25) is 0 Å². The fourth-order valence-electron chi connectivity index (χ4n) is 2.45. The van der Waals surface area contributed by atoms with Crippen LogP contribution < -0.4 is 4.74 Å². The summed E-state index contributed by atoms with van der Waals surface area (Å²) in [6.45, 7) is 2.03. The zero-order valence-electron chi connectivity index (χ0n) is 14.2. The second kappa shape index (κ2) is 8.58. The zero-order chi connectivity index (χ0) is 18.4. The Morgan fingerprint density at radius 3 is 2.28 bits per heavy atom. The Balaban J connectivity index is 1.90. The van der Waals surface area contributed by atoms with E-state index in [1.54, 1.807) is 24.1 Å². The molecule has 2 aromatic rings. The van der Waals surface area contributed by atoms with Crippen molar-refractivity contribution in [1.82, 2.24) is 4.90 Å². The Kier molecular flexibility index (Phi) is 6.47. The number of carboxylic acids is 1. The first-order valence-electron chi connectivity index (χ1n) is 7.92. The summed E-state index contributed by atoms with van der Waals surface area (Å²) in [7, 11) is 1.77. The second-order valence-corrected chi connectivity index (χ2v) is 6.07. The third-order valence-electron chi connectivity index (χ3n) is 3.92. The van der Waals surface area contributed by atoms with E-state index in [2.05, 4.69) is 0 Å². The molecule has 0 unspecified atom stereocenters. The van der Waals surface area contributed by atoms with Crippen LogP contribution >= 0.6 is 0 Å². The third-order valence-corrected chi connectivity index (χ3v) is 3.92. The first-order chi connectivity index (χ1) is 11.8. The summed E-state index contributed by atoms with van der Waals surface area (Å²) in [4.78, 5) is 12.5. The molecule has 0 aliphatic rings. The molecule has 0 amide bonds. The summed E-state index contributed by atoms with van der Waals surface area (Å²) in [6.07, 6.45) is 0.708. The first-order valence-corrected chi connectivity index (χ1v) is 7.92. The van der Waals surface area contributed by atoms with Crippen LogP contribution in [0.5, 0.6) is 5.75 Å². The number of halogens is 2. The monoisotopic (exact) mass is 349 g/mol. The molecule has 0 radical (unpaired) electrons. The molecule has 1 N–H and O–H groups in total. The van der Waals surface area contributed by atoms with Gasteiger partial charge in [-0.25, -0.2) is 8.78 Å². The number of nitrogens with zero attached hydrogens (tertiary/aromatic N) is 1. The van der Waals surface area contributed by atoms with Gasteiger partial charge in [0, 0.05) is 12.1 Å². The summed E-state index contributed by atoms with van der Waals surface area (Å²) in [5.74, 6) is -1.52. The van der Waals surface area contributed by atoms with E-state index >= 15 is 0 Å². The van der Waals surface area contributed by atoms with Gasteiger partial charge in [0.05, 0.1) is 6.54 Å². The van der Waals surface area contributed by atoms with Crippen molar-refractivity contribution < 1.29 is 23.4 Å². The van der Waals surface area contributed by atoms with E-state index in [9.17, 15) is 13.6 Å². The lowest BCUT2D eigenvalue weighted by Crippen LogP contribution is -2.35. The van der Waals surface area contributed by atoms with Gasteiger partial charge in [0.15, 0.2) is 0 Å². The average Bonchev–Trinajstić information content (AvgIpc) is 2.52. The minimum absolute atomic E-state index is 0.00738. The zero-order valence-corrected chi connectivity index (χ0v) is 14.2. The molecule has 134 valence electrons. The molecule has 2 aromatic carbocycles. The third kappa shape index (κ3) is 6.15. The average molecular weight is 349 g/mol. The Hall–Kier alpha value is -2.47. The van der Waals surface area contributed by atoms with Crippen LogP contribution in [0, 0.1) is 11.6 Å². The maximum atomic E-state index is 13.1. The number of rotatable bonds is 8. The molecule has 0 heterocycles. The molecule has 0 fully saturated rings. The van der Waals surface area contributed by atoms with E-state index in [1.165, 1.54) is 12.1 Å². The normalized spacial score (nSPS) is 12.2. The highest BCUT2D eigenvalue weighted by Crippen LogP contribution is 2.17. The topological polar surface area (TPSA) is 49.8 Å². The van der Waals surface area contributed by atoms with E-state index < -0.39 is 17.6 Å². The van der Waals surface area contributed by atoms with Crippen LogP contribution in [0.4, 0.5) is 8.78 Å². The summed E-state index contributed by atoms with van der Waals surface area (Å²) < 4.78 is 31.8. The van der Waals surface area contributed by atoms with Crippen molar-refractivity contribution in [2.24, 2.45) is 0 Å². The number of benzene rings is 2. The van der Waals surface area contributed by atoms with Crippen molar-refractivity contribution in [3.05, 3.63) is 65.2 Å². The summed E-state index contributed by atoms with van der Waals surface area (Å²) >= 11 is 0. The molecule has 0 aliphatic heterocycles. The standard InChI is InChI=1S/C19H21F2NO3/c1-13(22(2)11-19(23)24)7-14-3-5-18(6-4-14)25-12-15-8-16(20)10-17(21)9-15/h3-6,8-10,13H,7,11-12H2,1-2H3,(H,23,24)/t13-/m1/s1. The molecule has 0 spiro atoms. The van der Waals surface area contributed by atoms with Crippen molar-refractivity contribution in [3.63, 3.8) is 0 Å². The number of carboxylic acid groups (broad SMARTS) is 1. The van der Waals surface area contributed by atoms with Crippen molar-refractivity contribution in [2.45, 2.75) is 26.0 Å². The number of aliphatic carboxylic acids is 1. The fourth-order valence-corrected chi connectivity index (χ4v) is 2.45. The molecule has 25 heavy (non-hydrogen) atoms. The van der Waals surface area contributed by atoms with Crippen molar-refractivity contribution in [2.75, 3.05) is 13.6 Å². The van der Waals surface area contributed by atoms with Gasteiger partial charge >= 0.3 is 5.97 Å². The number of likely N-dealkylation sites (N-methyl/N-ethyl adjacent to an activating group) is 1. The van der Waals surface area contributed by atoms with Gasteiger partial charge in [0.25, 0.3) is 0 Å². The Labute approximate surface area is 145 Å². The largest absolute Gasteiger partial charge is 0.489 e. The van der Waals surface area contributed by atoms with Crippen molar-refractivity contribution in [1.29, 1.82) is 0 Å². The molecular formula is C19H21F2NO3. The van der Waals surface area contributed by atoms with Crippen LogP contribution in [0.25, 0.3) is 0 Å². The number of ether oxygens (including phenoxy) is 1. The van der Waals surface area contributed by atoms with E-state index in [1.807, 2.05) is 19.1 Å². The number of hydrogen-bond acceptors (Lipinski definition) is 3. The highest BCUT2D eigenvalue weighted by Gasteiger charge is 2.13. The molecule has 1 atom stereocenters. The van der Waals surface area contributed by atoms with Crippen LogP contribution in [0.15, 0.2) is 42.5 Å². The van der Waals surface area contributed by atoms with Crippen LogP contribution in [0.3, 0.4) is 0 Å². The van der Waals surface area contributed by atoms with Crippen LogP contribution in [-0.2, 0) is 17.8 Å². The van der Waals surface area contributed by atoms with E-state index in [4.69, 9.17) is 9.84 Å². The quantitative estimate of drug-likeness (QED) is 0.793.